The number of imidazole rings is 1. The maximum absolute atomic E-state index is 15.3. The molecule has 1 aliphatic rings. The molecule has 1 aliphatic heterocycles. The van der Waals surface area contributed by atoms with Gasteiger partial charge in [-0.3, -0.25) is 9.36 Å². The van der Waals surface area contributed by atoms with Gasteiger partial charge in [0, 0.05) is 23.7 Å². The fourth-order valence-corrected chi connectivity index (χ4v) is 4.79. The molecule has 6 rings (SSSR count). The second kappa shape index (κ2) is 8.55. The minimum absolute atomic E-state index is 0.00184. The third kappa shape index (κ3) is 3.66. The van der Waals surface area contributed by atoms with Crippen LogP contribution in [0, 0.1) is 11.6 Å². The number of hydrogen-bond donors (Lipinski definition) is 2. The molecule has 0 bridgehead atoms. The number of tetrazole rings is 1. The number of nitrogen functional groups attached to an aromatic ring is 1. The fourth-order valence-electron chi connectivity index (χ4n) is 4.63. The molecule has 0 fully saturated rings. The highest BCUT2D eigenvalue weighted by atomic mass is 35.5. The van der Waals surface area contributed by atoms with Crippen molar-refractivity contribution < 1.29 is 8.78 Å². The minimum Gasteiger partial charge on any atom is -0.381 e. The summed E-state index contributed by atoms with van der Waals surface area (Å²) in [4.78, 5) is 29.3. The molecule has 5 aromatic rings. The van der Waals surface area contributed by atoms with Gasteiger partial charge in [0.15, 0.2) is 17.5 Å². The number of H-pyrrole nitrogens is 1. The van der Waals surface area contributed by atoms with Gasteiger partial charge in [0.1, 0.15) is 18.0 Å². The lowest BCUT2D eigenvalue weighted by Gasteiger charge is -2.15. The Kier molecular flexibility index (Phi) is 5.30. The van der Waals surface area contributed by atoms with Crippen LogP contribution in [0.2, 0.25) is 5.02 Å². The van der Waals surface area contributed by atoms with Crippen LogP contribution in [0.5, 0.6) is 0 Å². The Morgan fingerprint density at radius 2 is 2.03 bits per heavy atom. The van der Waals surface area contributed by atoms with Crippen molar-refractivity contribution in [2.45, 2.75) is 25.3 Å². The number of hydrogen-bond acceptors (Lipinski definition) is 8. The summed E-state index contributed by atoms with van der Waals surface area (Å²) in [5.41, 5.74) is 6.17. The molecule has 37 heavy (non-hydrogen) atoms. The van der Waals surface area contributed by atoms with Gasteiger partial charge in [0.25, 0.3) is 5.56 Å². The molecule has 2 atom stereocenters. The summed E-state index contributed by atoms with van der Waals surface area (Å²) in [6.45, 7) is 1.91. The topological polar surface area (TPSA) is 146 Å². The van der Waals surface area contributed by atoms with Crippen molar-refractivity contribution in [1.82, 2.24) is 44.7 Å². The van der Waals surface area contributed by atoms with E-state index in [0.29, 0.717) is 23.8 Å². The lowest BCUT2D eigenvalue weighted by Crippen LogP contribution is -2.25. The molecule has 0 aliphatic carbocycles. The van der Waals surface area contributed by atoms with Gasteiger partial charge in [-0.1, -0.05) is 18.5 Å². The molecule has 0 radical (unpaired) electrons. The first-order chi connectivity index (χ1) is 17.8. The highest BCUT2D eigenvalue weighted by Crippen LogP contribution is 2.39. The molecule has 0 saturated heterocycles. The van der Waals surface area contributed by atoms with Gasteiger partial charge in [-0.2, -0.15) is 4.68 Å². The van der Waals surface area contributed by atoms with Gasteiger partial charge in [0.05, 0.1) is 39.9 Å². The van der Waals surface area contributed by atoms with E-state index in [1.165, 1.54) is 46.2 Å². The number of nitrogens with one attached hydrogen (secondary N) is 1. The summed E-state index contributed by atoms with van der Waals surface area (Å²) in [5, 5.41) is 10.9. The predicted molar refractivity (Wildman–Crippen MR) is 129 cm³/mol. The first kappa shape index (κ1) is 22.9. The zero-order chi connectivity index (χ0) is 25.8. The maximum atomic E-state index is 15.3. The summed E-state index contributed by atoms with van der Waals surface area (Å²) >= 11 is 6.06. The Labute approximate surface area is 212 Å². The van der Waals surface area contributed by atoms with Crippen LogP contribution in [0.25, 0.3) is 28.2 Å². The van der Waals surface area contributed by atoms with Gasteiger partial charge in [-0.25, -0.2) is 23.7 Å². The van der Waals surface area contributed by atoms with Gasteiger partial charge in [-0.05, 0) is 35.0 Å². The van der Waals surface area contributed by atoms with E-state index in [-0.39, 0.29) is 39.3 Å². The Morgan fingerprint density at radius 1 is 1.19 bits per heavy atom. The zero-order valence-electron chi connectivity index (χ0n) is 19.1. The zero-order valence-corrected chi connectivity index (χ0v) is 19.9. The number of aromatic amines is 1. The van der Waals surface area contributed by atoms with Crippen LogP contribution in [0.4, 0.5) is 14.6 Å². The quantitative estimate of drug-likeness (QED) is 0.365. The molecule has 0 spiro atoms. The molecule has 0 amide bonds. The number of anilines is 1. The SMILES string of the molecule is C[C@H]1C[C@@H](c2ncc(-c3ccnc(N)c3F)[nH]2)n2c1nc(-c1c(-n3cnnn3)ccc(Cl)c1F)cc2=O. The lowest BCUT2D eigenvalue weighted by atomic mass is 10.1. The summed E-state index contributed by atoms with van der Waals surface area (Å²) in [6, 6.07) is 5.16. The molecule has 14 heteroatoms. The third-order valence-corrected chi connectivity index (χ3v) is 6.64. The number of benzene rings is 1. The third-order valence-electron chi connectivity index (χ3n) is 6.35. The maximum Gasteiger partial charge on any atom is 0.254 e. The van der Waals surface area contributed by atoms with Crippen molar-refractivity contribution in [3.8, 4) is 28.2 Å². The minimum atomic E-state index is -0.747. The van der Waals surface area contributed by atoms with Gasteiger partial charge in [-0.15, -0.1) is 5.10 Å². The summed E-state index contributed by atoms with van der Waals surface area (Å²) in [5.74, 6) is -0.900. The molecule has 3 N–H and O–H groups in total. The van der Waals surface area contributed by atoms with E-state index in [9.17, 15) is 9.18 Å². The second-order valence-electron chi connectivity index (χ2n) is 8.61. The largest absolute Gasteiger partial charge is 0.381 e. The summed E-state index contributed by atoms with van der Waals surface area (Å²) in [7, 11) is 0. The number of fused-ring (bicyclic) bond motifs is 1. The van der Waals surface area contributed by atoms with E-state index in [1.807, 2.05) is 6.92 Å². The molecule has 5 heterocycles. The Morgan fingerprint density at radius 3 is 2.81 bits per heavy atom. The van der Waals surface area contributed by atoms with Crippen molar-refractivity contribution in [2.24, 2.45) is 0 Å². The van der Waals surface area contributed by atoms with Crippen LogP contribution in [0.1, 0.15) is 37.0 Å². The van der Waals surface area contributed by atoms with Crippen LogP contribution < -0.4 is 11.3 Å². The highest BCUT2D eigenvalue weighted by molar-refractivity contribution is 6.31. The van der Waals surface area contributed by atoms with Crippen LogP contribution in [0.3, 0.4) is 0 Å². The molecule has 4 aromatic heterocycles. The molecule has 1 aromatic carbocycles. The van der Waals surface area contributed by atoms with Gasteiger partial charge >= 0.3 is 0 Å². The summed E-state index contributed by atoms with van der Waals surface area (Å²) in [6.07, 6.45) is 4.68. The van der Waals surface area contributed by atoms with Crippen LogP contribution in [0.15, 0.2) is 47.8 Å². The average Bonchev–Trinajstić information content (AvgIpc) is 3.63. The Bertz CT molecular complexity index is 1720. The lowest BCUT2D eigenvalue weighted by molar-refractivity contribution is 0.555. The number of halogens is 3. The van der Waals surface area contributed by atoms with Crippen molar-refractivity contribution in [1.29, 1.82) is 0 Å². The first-order valence-corrected chi connectivity index (χ1v) is 11.5. The molecule has 11 nitrogen and oxygen atoms in total. The van der Waals surface area contributed by atoms with E-state index in [1.54, 1.807) is 6.07 Å². The molecule has 0 unspecified atom stereocenters. The van der Waals surface area contributed by atoms with Crippen molar-refractivity contribution in [3.63, 3.8) is 0 Å². The van der Waals surface area contributed by atoms with Gasteiger partial charge in [0.2, 0.25) is 0 Å². The van der Waals surface area contributed by atoms with Crippen LogP contribution >= 0.6 is 11.6 Å². The monoisotopic (exact) mass is 522 g/mol. The number of aromatic nitrogens is 9. The molecular formula is C23H17ClF2N10O. The van der Waals surface area contributed by atoms with Crippen molar-refractivity contribution in [2.75, 3.05) is 5.73 Å². The smallest absolute Gasteiger partial charge is 0.254 e. The average molecular weight is 523 g/mol. The number of pyridine rings is 1. The number of nitrogens with zero attached hydrogens (tertiary/aromatic N) is 8. The number of rotatable bonds is 4. The van der Waals surface area contributed by atoms with Crippen LogP contribution in [-0.4, -0.2) is 44.7 Å². The first-order valence-electron chi connectivity index (χ1n) is 11.1. The van der Waals surface area contributed by atoms with Crippen LogP contribution in [-0.2, 0) is 0 Å². The van der Waals surface area contributed by atoms with E-state index >= 15 is 4.39 Å². The van der Waals surface area contributed by atoms with E-state index in [4.69, 9.17) is 17.3 Å². The second-order valence-corrected chi connectivity index (χ2v) is 9.02. The van der Waals surface area contributed by atoms with Crippen molar-refractivity contribution in [3.05, 3.63) is 81.6 Å². The fraction of sp³-hybridized carbons (Fsp3) is 0.174. The molecule has 186 valence electrons. The Balaban J connectivity index is 1.45. The predicted octanol–water partition coefficient (Wildman–Crippen LogP) is 3.28. The van der Waals surface area contributed by atoms with Crippen molar-refractivity contribution >= 4 is 17.4 Å². The van der Waals surface area contributed by atoms with E-state index in [0.717, 1.165) is 0 Å². The number of nitrogens with two attached hydrogens (primary N) is 1. The molecular weight excluding hydrogens is 506 g/mol. The summed E-state index contributed by atoms with van der Waals surface area (Å²) < 4.78 is 32.5. The van der Waals surface area contributed by atoms with Gasteiger partial charge < -0.3 is 10.7 Å². The van der Waals surface area contributed by atoms with E-state index < -0.39 is 23.2 Å². The van der Waals surface area contributed by atoms with E-state index in [2.05, 4.69) is 35.5 Å². The standard InChI is InChI=1S/C23H17ClF2N10O/c1-10-6-16(22-29-8-14(31-22)11-4-5-28-21(27)19(11)25)36-17(37)7-13(32-23(10)36)18-15(35-9-30-33-34-35)3-2-12(24)20(18)26/h2-5,7-10,16H,6H2,1H3,(H2,27,28)(H,29,31)/t10-,16-/m0/s1. The Hall–Kier alpha value is -4.52. The normalized spacial score (nSPS) is 16.8. The highest BCUT2D eigenvalue weighted by Gasteiger charge is 2.34. The molecule has 0 saturated carbocycles.